The number of methoxy groups -OCH3 is 1. The molecule has 0 bridgehead atoms. The van der Waals surface area contributed by atoms with E-state index >= 15 is 0 Å². The predicted molar refractivity (Wildman–Crippen MR) is 47.5 cm³/mol. The van der Waals surface area contributed by atoms with Crippen molar-refractivity contribution in [2.24, 2.45) is 0 Å². The summed E-state index contributed by atoms with van der Waals surface area (Å²) in [6.45, 7) is 1.72. The average molecular weight is 204 g/mol. The third-order valence-electron chi connectivity index (χ3n) is 1.86. The summed E-state index contributed by atoms with van der Waals surface area (Å²) in [5, 5.41) is 0. The van der Waals surface area contributed by atoms with Gasteiger partial charge in [-0.05, 0) is 24.1 Å². The van der Waals surface area contributed by atoms with E-state index in [0.29, 0.717) is 11.3 Å². The molecule has 0 aromatic heterocycles. The molecule has 0 spiro atoms. The molecule has 0 aliphatic heterocycles. The molecule has 1 nitrogen and oxygen atoms in total. The number of aryl methyl sites for hydroxylation is 1. The molecule has 14 heavy (non-hydrogen) atoms. The molecule has 1 aromatic rings. The summed E-state index contributed by atoms with van der Waals surface area (Å²) in [6, 6.07) is 4.47. The van der Waals surface area contributed by atoms with E-state index in [1.807, 2.05) is 0 Å². The molecule has 0 fully saturated rings. The predicted octanol–water partition coefficient (Wildman–Crippen LogP) is 3.11. The van der Waals surface area contributed by atoms with Crippen LogP contribution in [0.15, 0.2) is 18.2 Å². The van der Waals surface area contributed by atoms with E-state index in [2.05, 4.69) is 0 Å². The lowest BCUT2D eigenvalue weighted by atomic mass is 10.1. The van der Waals surface area contributed by atoms with Gasteiger partial charge >= 0.3 is 6.18 Å². The summed E-state index contributed by atoms with van der Waals surface area (Å²) >= 11 is 0. The molecule has 0 unspecified atom stereocenters. The van der Waals surface area contributed by atoms with Gasteiger partial charge in [-0.1, -0.05) is 12.1 Å². The minimum atomic E-state index is -4.15. The van der Waals surface area contributed by atoms with Crippen LogP contribution in [0.5, 0.6) is 5.75 Å². The van der Waals surface area contributed by atoms with Gasteiger partial charge < -0.3 is 4.74 Å². The molecular formula is C10H11F3O. The molecule has 0 saturated heterocycles. The van der Waals surface area contributed by atoms with Gasteiger partial charge in [0.1, 0.15) is 5.75 Å². The summed E-state index contributed by atoms with van der Waals surface area (Å²) in [4.78, 5) is 0. The topological polar surface area (TPSA) is 9.23 Å². The SMILES string of the molecule is COc1ccc(CC(F)(F)F)cc1C. The van der Waals surface area contributed by atoms with E-state index in [9.17, 15) is 13.2 Å². The minimum Gasteiger partial charge on any atom is -0.496 e. The Morgan fingerprint density at radius 1 is 1.29 bits per heavy atom. The van der Waals surface area contributed by atoms with Crippen LogP contribution >= 0.6 is 0 Å². The van der Waals surface area contributed by atoms with Crippen LogP contribution in [-0.4, -0.2) is 13.3 Å². The first-order valence-corrected chi connectivity index (χ1v) is 4.12. The highest BCUT2D eigenvalue weighted by Crippen LogP contribution is 2.24. The lowest BCUT2D eigenvalue weighted by molar-refractivity contribution is -0.127. The van der Waals surface area contributed by atoms with Gasteiger partial charge in [-0.2, -0.15) is 13.2 Å². The summed E-state index contributed by atoms with van der Waals surface area (Å²) in [5.41, 5.74) is 0.977. The standard InChI is InChI=1S/C10H11F3O/c1-7-5-8(6-10(11,12)13)3-4-9(7)14-2/h3-5H,6H2,1-2H3. The van der Waals surface area contributed by atoms with Crippen molar-refractivity contribution >= 4 is 0 Å². The average Bonchev–Trinajstić information content (AvgIpc) is 2.01. The second kappa shape index (κ2) is 3.90. The maximum atomic E-state index is 12.0. The normalized spacial score (nSPS) is 11.5. The Kier molecular flexibility index (Phi) is 3.03. The number of hydrogen-bond acceptors (Lipinski definition) is 1. The number of alkyl halides is 3. The Morgan fingerprint density at radius 3 is 2.36 bits per heavy atom. The number of hydrogen-bond donors (Lipinski definition) is 0. The molecular weight excluding hydrogens is 193 g/mol. The second-order valence-electron chi connectivity index (χ2n) is 3.10. The highest BCUT2D eigenvalue weighted by molar-refractivity contribution is 5.36. The lowest BCUT2D eigenvalue weighted by Gasteiger charge is -2.09. The summed E-state index contributed by atoms with van der Waals surface area (Å²) in [7, 11) is 1.49. The fraction of sp³-hybridized carbons (Fsp3) is 0.400. The van der Waals surface area contributed by atoms with Gasteiger partial charge in [0.05, 0.1) is 13.5 Å². The number of ether oxygens (including phenoxy) is 1. The van der Waals surface area contributed by atoms with Gasteiger partial charge in [-0.3, -0.25) is 0 Å². The van der Waals surface area contributed by atoms with Gasteiger partial charge in [-0.25, -0.2) is 0 Å². The van der Waals surface area contributed by atoms with Gasteiger partial charge in [0.25, 0.3) is 0 Å². The zero-order valence-electron chi connectivity index (χ0n) is 7.98. The molecule has 0 radical (unpaired) electrons. The molecule has 0 saturated carbocycles. The Labute approximate surface area is 80.5 Å². The molecule has 0 aliphatic rings. The molecule has 0 amide bonds. The molecule has 0 N–H and O–H groups in total. The summed E-state index contributed by atoms with van der Waals surface area (Å²) < 4.78 is 41.0. The van der Waals surface area contributed by atoms with Crippen LogP contribution in [0.3, 0.4) is 0 Å². The van der Waals surface area contributed by atoms with Gasteiger partial charge in [0.2, 0.25) is 0 Å². The second-order valence-corrected chi connectivity index (χ2v) is 3.10. The van der Waals surface area contributed by atoms with Crippen LogP contribution < -0.4 is 4.74 Å². The van der Waals surface area contributed by atoms with Crippen molar-refractivity contribution in [2.45, 2.75) is 19.5 Å². The Bertz CT molecular complexity index is 318. The van der Waals surface area contributed by atoms with E-state index in [4.69, 9.17) is 4.74 Å². The van der Waals surface area contributed by atoms with Crippen molar-refractivity contribution in [3.05, 3.63) is 29.3 Å². The van der Waals surface area contributed by atoms with Crippen molar-refractivity contribution in [3.63, 3.8) is 0 Å². The maximum Gasteiger partial charge on any atom is 0.393 e. The van der Waals surface area contributed by atoms with Gasteiger partial charge in [-0.15, -0.1) is 0 Å². The Hall–Kier alpha value is -1.19. The summed E-state index contributed by atoms with van der Waals surface area (Å²) in [6.07, 6.45) is -5.04. The molecule has 78 valence electrons. The smallest absolute Gasteiger partial charge is 0.393 e. The Morgan fingerprint density at radius 2 is 1.93 bits per heavy atom. The molecule has 1 rings (SSSR count). The van der Waals surface area contributed by atoms with Crippen LogP contribution in [0.1, 0.15) is 11.1 Å². The first-order valence-electron chi connectivity index (χ1n) is 4.12. The fourth-order valence-electron chi connectivity index (χ4n) is 1.28. The maximum absolute atomic E-state index is 12.0. The van der Waals surface area contributed by atoms with Crippen LogP contribution in [0.25, 0.3) is 0 Å². The largest absolute Gasteiger partial charge is 0.496 e. The minimum absolute atomic E-state index is 0.260. The van der Waals surface area contributed by atoms with E-state index in [-0.39, 0.29) is 5.56 Å². The zero-order chi connectivity index (χ0) is 10.8. The van der Waals surface area contributed by atoms with Crippen molar-refractivity contribution in [1.82, 2.24) is 0 Å². The Balaban J connectivity index is 2.87. The molecule has 0 heterocycles. The van der Waals surface area contributed by atoms with Crippen LogP contribution in [0.4, 0.5) is 13.2 Å². The molecule has 0 atom stereocenters. The van der Waals surface area contributed by atoms with E-state index in [1.165, 1.54) is 19.2 Å². The molecule has 0 aliphatic carbocycles. The third-order valence-corrected chi connectivity index (χ3v) is 1.86. The van der Waals surface area contributed by atoms with Crippen LogP contribution in [0, 0.1) is 6.92 Å². The summed E-state index contributed by atoms with van der Waals surface area (Å²) in [5.74, 6) is 0.607. The van der Waals surface area contributed by atoms with Crippen LogP contribution in [-0.2, 0) is 6.42 Å². The van der Waals surface area contributed by atoms with Crippen molar-refractivity contribution < 1.29 is 17.9 Å². The van der Waals surface area contributed by atoms with E-state index in [1.54, 1.807) is 13.0 Å². The lowest BCUT2D eigenvalue weighted by Crippen LogP contribution is -2.11. The van der Waals surface area contributed by atoms with Gasteiger partial charge in [0, 0.05) is 0 Å². The third kappa shape index (κ3) is 2.94. The van der Waals surface area contributed by atoms with E-state index in [0.717, 1.165) is 0 Å². The molecule has 4 heteroatoms. The first-order chi connectivity index (χ1) is 6.42. The van der Waals surface area contributed by atoms with Crippen molar-refractivity contribution in [2.75, 3.05) is 7.11 Å². The highest BCUT2D eigenvalue weighted by atomic mass is 19.4. The van der Waals surface area contributed by atoms with Crippen LogP contribution in [0.2, 0.25) is 0 Å². The quantitative estimate of drug-likeness (QED) is 0.719. The fourth-order valence-corrected chi connectivity index (χ4v) is 1.28. The number of halogens is 3. The van der Waals surface area contributed by atoms with Crippen molar-refractivity contribution in [1.29, 1.82) is 0 Å². The number of rotatable bonds is 2. The highest BCUT2D eigenvalue weighted by Gasteiger charge is 2.27. The first kappa shape index (κ1) is 10.9. The van der Waals surface area contributed by atoms with Gasteiger partial charge in [0.15, 0.2) is 0 Å². The van der Waals surface area contributed by atoms with Crippen molar-refractivity contribution in [3.8, 4) is 5.75 Å². The molecule has 1 aromatic carbocycles. The number of benzene rings is 1. The van der Waals surface area contributed by atoms with E-state index < -0.39 is 12.6 Å². The zero-order valence-corrected chi connectivity index (χ0v) is 7.98. The monoisotopic (exact) mass is 204 g/mol.